The molecule has 2 aliphatic rings. The van der Waals surface area contributed by atoms with Crippen molar-refractivity contribution in [2.24, 2.45) is 5.92 Å². The molecule has 1 amide bonds. The van der Waals surface area contributed by atoms with E-state index in [0.717, 1.165) is 13.1 Å². The summed E-state index contributed by atoms with van der Waals surface area (Å²) < 4.78 is 0. The molecule has 0 aromatic heterocycles. The lowest BCUT2D eigenvalue weighted by Crippen LogP contribution is -2.25. The Hall–Kier alpha value is -1.35. The van der Waals surface area contributed by atoms with Gasteiger partial charge in [0, 0.05) is 26.1 Å². The topological polar surface area (TPSA) is 41.1 Å². The van der Waals surface area contributed by atoms with Gasteiger partial charge in [-0.1, -0.05) is 37.5 Å². The second-order valence-corrected chi connectivity index (χ2v) is 6.19. The highest BCUT2D eigenvalue weighted by atomic mass is 16.1. The summed E-state index contributed by atoms with van der Waals surface area (Å²) in [5.74, 6) is 0.837. The zero-order valence-electron chi connectivity index (χ0n) is 12.1. The van der Waals surface area contributed by atoms with Gasteiger partial charge < -0.3 is 10.6 Å². The van der Waals surface area contributed by atoms with Crippen LogP contribution in [0.5, 0.6) is 0 Å². The van der Waals surface area contributed by atoms with Crippen molar-refractivity contribution in [2.75, 3.05) is 0 Å². The van der Waals surface area contributed by atoms with Gasteiger partial charge in [0.25, 0.3) is 0 Å². The van der Waals surface area contributed by atoms with Crippen LogP contribution in [0.2, 0.25) is 0 Å². The van der Waals surface area contributed by atoms with E-state index in [4.69, 9.17) is 0 Å². The molecule has 3 rings (SSSR count). The van der Waals surface area contributed by atoms with Crippen LogP contribution in [0.3, 0.4) is 0 Å². The zero-order chi connectivity index (χ0) is 13.8. The summed E-state index contributed by atoms with van der Waals surface area (Å²) in [7, 11) is 0. The van der Waals surface area contributed by atoms with Crippen molar-refractivity contribution in [1.82, 2.24) is 10.6 Å². The summed E-state index contributed by atoms with van der Waals surface area (Å²) in [5.41, 5.74) is 3.98. The Balaban J connectivity index is 1.47. The van der Waals surface area contributed by atoms with Crippen molar-refractivity contribution in [1.29, 1.82) is 0 Å². The Kier molecular flexibility index (Phi) is 4.36. The molecule has 3 heteroatoms. The SMILES string of the molecule is O=C(CC1CCCCC1)NCc1ccc2c(c1)CNC2. The van der Waals surface area contributed by atoms with Crippen LogP contribution in [0.25, 0.3) is 0 Å². The Bertz CT molecular complexity index is 478. The normalized spacial score (nSPS) is 18.8. The number of amides is 1. The van der Waals surface area contributed by atoms with Crippen molar-refractivity contribution < 1.29 is 4.79 Å². The predicted molar refractivity (Wildman–Crippen MR) is 80.0 cm³/mol. The standard InChI is InChI=1S/C17H24N2O/c20-17(9-13-4-2-1-3-5-13)19-10-14-6-7-15-11-18-12-16(15)8-14/h6-8,13,18H,1-5,9-12H2,(H,19,20). The summed E-state index contributed by atoms with van der Waals surface area (Å²) in [4.78, 5) is 12.0. The molecule has 0 atom stereocenters. The summed E-state index contributed by atoms with van der Waals surface area (Å²) >= 11 is 0. The maximum Gasteiger partial charge on any atom is 0.220 e. The summed E-state index contributed by atoms with van der Waals surface area (Å²) in [6, 6.07) is 6.53. The smallest absolute Gasteiger partial charge is 0.220 e. The Labute approximate surface area is 121 Å². The van der Waals surface area contributed by atoms with Crippen LogP contribution in [0.4, 0.5) is 0 Å². The lowest BCUT2D eigenvalue weighted by Gasteiger charge is -2.20. The predicted octanol–water partition coefficient (Wildman–Crippen LogP) is 2.88. The maximum absolute atomic E-state index is 12.0. The third-order valence-corrected chi connectivity index (χ3v) is 4.59. The third kappa shape index (κ3) is 3.40. The average Bonchev–Trinajstić information content (AvgIpc) is 2.93. The Morgan fingerprint density at radius 1 is 1.15 bits per heavy atom. The van der Waals surface area contributed by atoms with Gasteiger partial charge in [-0.3, -0.25) is 4.79 Å². The Morgan fingerprint density at radius 2 is 1.95 bits per heavy atom. The van der Waals surface area contributed by atoms with E-state index in [1.165, 1.54) is 48.8 Å². The lowest BCUT2D eigenvalue weighted by molar-refractivity contribution is -0.122. The van der Waals surface area contributed by atoms with Crippen molar-refractivity contribution in [3.8, 4) is 0 Å². The molecule has 1 aliphatic heterocycles. The number of nitrogens with one attached hydrogen (secondary N) is 2. The molecule has 1 aliphatic carbocycles. The fraction of sp³-hybridized carbons (Fsp3) is 0.588. The molecule has 0 bridgehead atoms. The van der Waals surface area contributed by atoms with Gasteiger partial charge in [-0.25, -0.2) is 0 Å². The number of fused-ring (bicyclic) bond motifs is 1. The molecule has 2 N–H and O–H groups in total. The number of hydrogen-bond acceptors (Lipinski definition) is 2. The third-order valence-electron chi connectivity index (χ3n) is 4.59. The molecule has 108 valence electrons. The molecule has 0 spiro atoms. The quantitative estimate of drug-likeness (QED) is 0.885. The largest absolute Gasteiger partial charge is 0.352 e. The summed E-state index contributed by atoms with van der Waals surface area (Å²) in [6.45, 7) is 2.60. The van der Waals surface area contributed by atoms with Gasteiger partial charge in [-0.2, -0.15) is 0 Å². The van der Waals surface area contributed by atoms with Crippen LogP contribution < -0.4 is 10.6 Å². The highest BCUT2D eigenvalue weighted by molar-refractivity contribution is 5.76. The van der Waals surface area contributed by atoms with Crippen LogP contribution in [0.15, 0.2) is 18.2 Å². The molecule has 1 fully saturated rings. The average molecular weight is 272 g/mol. The van der Waals surface area contributed by atoms with E-state index >= 15 is 0 Å². The first-order valence-corrected chi connectivity index (χ1v) is 7.89. The Morgan fingerprint density at radius 3 is 2.80 bits per heavy atom. The fourth-order valence-corrected chi connectivity index (χ4v) is 3.38. The van der Waals surface area contributed by atoms with Crippen molar-refractivity contribution in [3.63, 3.8) is 0 Å². The number of benzene rings is 1. The highest BCUT2D eigenvalue weighted by Gasteiger charge is 2.17. The van der Waals surface area contributed by atoms with Crippen LogP contribution in [0.1, 0.15) is 55.2 Å². The monoisotopic (exact) mass is 272 g/mol. The van der Waals surface area contributed by atoms with Crippen LogP contribution in [-0.4, -0.2) is 5.91 Å². The number of hydrogen-bond donors (Lipinski definition) is 2. The van der Waals surface area contributed by atoms with E-state index in [2.05, 4.69) is 28.8 Å². The first-order chi connectivity index (χ1) is 9.81. The minimum Gasteiger partial charge on any atom is -0.352 e. The molecule has 3 nitrogen and oxygen atoms in total. The van der Waals surface area contributed by atoms with E-state index in [1.807, 2.05) is 0 Å². The molecule has 0 unspecified atom stereocenters. The van der Waals surface area contributed by atoms with Gasteiger partial charge in [0.2, 0.25) is 5.91 Å². The van der Waals surface area contributed by atoms with E-state index in [0.29, 0.717) is 18.9 Å². The molecular formula is C17H24N2O. The maximum atomic E-state index is 12.0. The van der Waals surface area contributed by atoms with Crippen molar-refractivity contribution in [3.05, 3.63) is 34.9 Å². The number of carbonyl (C=O) groups is 1. The van der Waals surface area contributed by atoms with Gasteiger partial charge in [-0.15, -0.1) is 0 Å². The first kappa shape index (κ1) is 13.6. The second kappa shape index (κ2) is 6.40. The van der Waals surface area contributed by atoms with Crippen molar-refractivity contribution >= 4 is 5.91 Å². The minimum absolute atomic E-state index is 0.218. The number of rotatable bonds is 4. The molecular weight excluding hydrogens is 248 g/mol. The summed E-state index contributed by atoms with van der Waals surface area (Å²) in [5, 5.41) is 6.42. The van der Waals surface area contributed by atoms with E-state index < -0.39 is 0 Å². The van der Waals surface area contributed by atoms with E-state index in [9.17, 15) is 4.79 Å². The van der Waals surface area contributed by atoms with Gasteiger partial charge >= 0.3 is 0 Å². The van der Waals surface area contributed by atoms with Crippen LogP contribution in [-0.2, 0) is 24.4 Å². The van der Waals surface area contributed by atoms with E-state index in [-0.39, 0.29) is 5.91 Å². The second-order valence-electron chi connectivity index (χ2n) is 6.19. The fourth-order valence-electron chi connectivity index (χ4n) is 3.38. The van der Waals surface area contributed by atoms with E-state index in [1.54, 1.807) is 0 Å². The van der Waals surface area contributed by atoms with Gasteiger partial charge in [0.1, 0.15) is 0 Å². The number of carbonyl (C=O) groups excluding carboxylic acids is 1. The molecule has 20 heavy (non-hydrogen) atoms. The van der Waals surface area contributed by atoms with Gasteiger partial charge in [-0.05, 0) is 35.4 Å². The van der Waals surface area contributed by atoms with Crippen LogP contribution in [0, 0.1) is 5.92 Å². The first-order valence-electron chi connectivity index (χ1n) is 7.89. The molecule has 0 radical (unpaired) electrons. The van der Waals surface area contributed by atoms with Gasteiger partial charge in [0.05, 0.1) is 0 Å². The minimum atomic E-state index is 0.218. The molecule has 1 saturated carbocycles. The van der Waals surface area contributed by atoms with Crippen molar-refractivity contribution in [2.45, 2.75) is 58.2 Å². The lowest BCUT2D eigenvalue weighted by atomic mass is 9.87. The molecule has 1 heterocycles. The van der Waals surface area contributed by atoms with Gasteiger partial charge in [0.15, 0.2) is 0 Å². The molecule has 1 aromatic rings. The zero-order valence-corrected chi connectivity index (χ0v) is 12.1. The highest BCUT2D eigenvalue weighted by Crippen LogP contribution is 2.26. The molecule has 1 aromatic carbocycles. The van der Waals surface area contributed by atoms with Crippen LogP contribution >= 0.6 is 0 Å². The summed E-state index contributed by atoms with van der Waals surface area (Å²) in [6.07, 6.45) is 7.13. The molecule has 0 saturated heterocycles.